The molecular formula is C30H27ClN4O2. The minimum atomic E-state index is -0.00227. The molecule has 7 heteroatoms. The lowest BCUT2D eigenvalue weighted by Crippen LogP contribution is -2.50. The summed E-state index contributed by atoms with van der Waals surface area (Å²) in [5.74, 6) is 0.690. The number of halogens is 1. The molecule has 2 bridgehead atoms. The summed E-state index contributed by atoms with van der Waals surface area (Å²) in [6.45, 7) is 2.93. The minimum Gasteiger partial charge on any atom is -0.350 e. The standard InChI is InChI=1S/C30H27ClN4O2/c1-32-16-20(23-5-2-3-6-27(23)32)12-25-24-10-9-22(31)13-28(24)35(30(25)37)18-33-14-19-11-21(17-33)26-7-4-8-29(36)34(26)15-19/h2-10,12-13,16,19,21H,11,14-15,17-18H2,1H3/t19-,21+/m1/s1. The molecule has 0 spiro atoms. The number of aromatic nitrogens is 2. The van der Waals surface area contributed by atoms with Gasteiger partial charge in [0.15, 0.2) is 0 Å². The van der Waals surface area contributed by atoms with Crippen LogP contribution in [0.25, 0.3) is 22.6 Å². The molecule has 0 saturated carbocycles. The first kappa shape index (κ1) is 22.6. The zero-order valence-electron chi connectivity index (χ0n) is 20.6. The van der Waals surface area contributed by atoms with E-state index >= 15 is 0 Å². The van der Waals surface area contributed by atoms with Gasteiger partial charge >= 0.3 is 0 Å². The van der Waals surface area contributed by atoms with Gasteiger partial charge < -0.3 is 9.13 Å². The third-order valence-electron chi connectivity index (χ3n) is 8.14. The van der Waals surface area contributed by atoms with Crippen LogP contribution in [0.2, 0.25) is 5.02 Å². The van der Waals surface area contributed by atoms with Gasteiger partial charge in [0, 0.05) is 83.2 Å². The molecular weight excluding hydrogens is 484 g/mol. The average molecular weight is 511 g/mol. The lowest BCUT2D eigenvalue weighted by Gasteiger charge is -2.43. The number of piperidine rings is 1. The van der Waals surface area contributed by atoms with Gasteiger partial charge in [0.05, 0.1) is 12.4 Å². The highest BCUT2D eigenvalue weighted by Crippen LogP contribution is 2.41. The van der Waals surface area contributed by atoms with Crippen LogP contribution in [-0.2, 0) is 18.4 Å². The maximum absolute atomic E-state index is 13.9. The molecule has 0 unspecified atom stereocenters. The number of aryl methyl sites for hydroxylation is 1. The number of carbonyl (C=O) groups is 1. The minimum absolute atomic E-state index is 0.00227. The van der Waals surface area contributed by atoms with Crippen molar-refractivity contribution >= 4 is 45.7 Å². The van der Waals surface area contributed by atoms with Gasteiger partial charge in [-0.05, 0) is 42.7 Å². The molecule has 0 radical (unpaired) electrons. The molecule has 2 aromatic heterocycles. The molecule has 1 saturated heterocycles. The van der Waals surface area contributed by atoms with Crippen LogP contribution in [-0.4, -0.2) is 39.7 Å². The zero-order valence-corrected chi connectivity index (χ0v) is 21.4. The van der Waals surface area contributed by atoms with Gasteiger partial charge in [-0.15, -0.1) is 0 Å². The van der Waals surface area contributed by atoms with E-state index in [1.165, 1.54) is 0 Å². The number of hydrogen-bond acceptors (Lipinski definition) is 3. The smallest absolute Gasteiger partial charge is 0.260 e. The molecule has 4 aromatic rings. The van der Waals surface area contributed by atoms with Crippen LogP contribution in [0, 0.1) is 5.92 Å². The number of para-hydroxylation sites is 1. The first-order valence-corrected chi connectivity index (χ1v) is 13.1. The number of pyridine rings is 1. The summed E-state index contributed by atoms with van der Waals surface area (Å²) in [4.78, 5) is 30.6. The van der Waals surface area contributed by atoms with Crippen LogP contribution in [0.3, 0.4) is 0 Å². The van der Waals surface area contributed by atoms with E-state index in [9.17, 15) is 9.59 Å². The molecule has 1 fully saturated rings. The Hall–Kier alpha value is -3.61. The van der Waals surface area contributed by atoms with Crippen LogP contribution >= 0.6 is 11.6 Å². The van der Waals surface area contributed by atoms with E-state index in [1.807, 2.05) is 59.0 Å². The third-order valence-corrected chi connectivity index (χ3v) is 8.38. The highest BCUT2D eigenvalue weighted by Gasteiger charge is 2.38. The molecule has 1 amide bonds. The van der Waals surface area contributed by atoms with E-state index < -0.39 is 0 Å². The summed E-state index contributed by atoms with van der Waals surface area (Å²) < 4.78 is 4.04. The van der Waals surface area contributed by atoms with Crippen molar-refractivity contribution in [1.82, 2.24) is 14.0 Å². The summed E-state index contributed by atoms with van der Waals surface area (Å²) in [5, 5.41) is 1.74. The summed E-state index contributed by atoms with van der Waals surface area (Å²) >= 11 is 6.41. The Bertz CT molecular complexity index is 1670. The number of hydrogen-bond donors (Lipinski definition) is 0. The van der Waals surface area contributed by atoms with Crippen LogP contribution in [0.15, 0.2) is 71.7 Å². The Morgan fingerprint density at radius 1 is 1.00 bits per heavy atom. The fourth-order valence-electron chi connectivity index (χ4n) is 6.56. The van der Waals surface area contributed by atoms with Gasteiger partial charge in [0.1, 0.15) is 0 Å². The van der Waals surface area contributed by atoms with Crippen molar-refractivity contribution in [3.63, 3.8) is 0 Å². The first-order valence-electron chi connectivity index (χ1n) is 12.8. The highest BCUT2D eigenvalue weighted by atomic mass is 35.5. The molecule has 37 heavy (non-hydrogen) atoms. The van der Waals surface area contributed by atoms with E-state index in [2.05, 4.69) is 33.9 Å². The van der Waals surface area contributed by atoms with E-state index in [1.54, 1.807) is 6.07 Å². The second-order valence-corrected chi connectivity index (χ2v) is 11.0. The Morgan fingerprint density at radius 3 is 2.76 bits per heavy atom. The normalized spacial score (nSPS) is 22.1. The van der Waals surface area contributed by atoms with Crippen molar-refractivity contribution in [2.75, 3.05) is 24.7 Å². The molecule has 186 valence electrons. The van der Waals surface area contributed by atoms with Gasteiger partial charge in [-0.3, -0.25) is 19.4 Å². The molecule has 0 aliphatic carbocycles. The maximum Gasteiger partial charge on any atom is 0.260 e. The number of carbonyl (C=O) groups excluding carboxylic acids is 1. The Labute approximate surface area is 220 Å². The van der Waals surface area contributed by atoms with Crippen molar-refractivity contribution in [2.24, 2.45) is 13.0 Å². The first-order chi connectivity index (χ1) is 18.0. The lowest BCUT2D eigenvalue weighted by atomic mass is 9.83. The predicted molar refractivity (Wildman–Crippen MR) is 148 cm³/mol. The van der Waals surface area contributed by atoms with Crippen LogP contribution < -0.4 is 10.5 Å². The molecule has 3 aliphatic heterocycles. The number of anilines is 1. The van der Waals surface area contributed by atoms with Crippen molar-refractivity contribution in [1.29, 1.82) is 0 Å². The lowest BCUT2D eigenvalue weighted by molar-refractivity contribution is -0.113. The molecule has 7 rings (SSSR count). The quantitative estimate of drug-likeness (QED) is 0.366. The molecule has 3 aliphatic rings. The van der Waals surface area contributed by atoms with Gasteiger partial charge in [0.2, 0.25) is 0 Å². The maximum atomic E-state index is 13.9. The monoisotopic (exact) mass is 510 g/mol. The van der Waals surface area contributed by atoms with E-state index in [4.69, 9.17) is 11.6 Å². The second kappa shape index (κ2) is 8.47. The number of rotatable bonds is 3. The van der Waals surface area contributed by atoms with Crippen LogP contribution in [0.5, 0.6) is 0 Å². The molecule has 2 aromatic carbocycles. The molecule has 6 nitrogen and oxygen atoms in total. The van der Waals surface area contributed by atoms with E-state index in [0.29, 0.717) is 29.1 Å². The Balaban J connectivity index is 1.23. The third kappa shape index (κ3) is 3.66. The van der Waals surface area contributed by atoms with Crippen LogP contribution in [0.1, 0.15) is 29.2 Å². The Morgan fingerprint density at radius 2 is 1.86 bits per heavy atom. The Kier molecular flexibility index (Phi) is 5.17. The number of likely N-dealkylation sites (tertiary alicyclic amines) is 1. The summed E-state index contributed by atoms with van der Waals surface area (Å²) in [5.41, 5.74) is 5.82. The summed E-state index contributed by atoms with van der Waals surface area (Å²) in [7, 11) is 2.03. The SMILES string of the molecule is Cn1cc(C=C2C(=O)N(CN3C[C@H]4C[C@@H](C3)c3cccc(=O)n3C4)c3cc(Cl)ccc32)c2ccccc21. The fourth-order valence-corrected chi connectivity index (χ4v) is 6.73. The van der Waals surface area contributed by atoms with Crippen molar-refractivity contribution < 1.29 is 4.79 Å². The van der Waals surface area contributed by atoms with Crippen molar-refractivity contribution in [3.8, 4) is 0 Å². The predicted octanol–water partition coefficient (Wildman–Crippen LogP) is 4.96. The molecule has 0 N–H and O–H groups in total. The number of benzene rings is 2. The van der Waals surface area contributed by atoms with Gasteiger partial charge in [-0.1, -0.05) is 41.9 Å². The number of nitrogens with zero attached hydrogens (tertiary/aromatic N) is 4. The molecule has 5 heterocycles. The molecule has 2 atom stereocenters. The summed E-state index contributed by atoms with van der Waals surface area (Å²) in [6.07, 6.45) is 5.18. The highest BCUT2D eigenvalue weighted by molar-refractivity contribution is 6.37. The van der Waals surface area contributed by atoms with Crippen LogP contribution in [0.4, 0.5) is 5.69 Å². The second-order valence-electron chi connectivity index (χ2n) is 10.5. The zero-order chi connectivity index (χ0) is 25.3. The van der Waals surface area contributed by atoms with E-state index in [-0.39, 0.29) is 11.5 Å². The van der Waals surface area contributed by atoms with Gasteiger partial charge in [-0.25, -0.2) is 0 Å². The van der Waals surface area contributed by atoms with Crippen molar-refractivity contribution in [2.45, 2.75) is 18.9 Å². The fraction of sp³-hybridized carbons (Fsp3) is 0.267. The average Bonchev–Trinajstić information content (AvgIpc) is 3.34. The van der Waals surface area contributed by atoms with Gasteiger partial charge in [-0.2, -0.15) is 0 Å². The number of fused-ring (bicyclic) bond motifs is 6. The summed E-state index contributed by atoms with van der Waals surface area (Å²) in [6, 6.07) is 19.5. The van der Waals surface area contributed by atoms with E-state index in [0.717, 1.165) is 59.5 Å². The largest absolute Gasteiger partial charge is 0.350 e. The number of amides is 1. The van der Waals surface area contributed by atoms with Gasteiger partial charge in [0.25, 0.3) is 11.5 Å². The topological polar surface area (TPSA) is 50.5 Å². The van der Waals surface area contributed by atoms with Crippen molar-refractivity contribution in [3.05, 3.63) is 99.1 Å².